The number of methoxy groups -OCH3 is 2. The molecule has 8 aromatic carbocycles. The van der Waals surface area contributed by atoms with Crippen LogP contribution in [0.2, 0.25) is 0 Å². The van der Waals surface area contributed by atoms with E-state index in [9.17, 15) is 49.8 Å². The minimum Gasteiger partial charge on any atom is -0.468 e. The fraction of sp³-hybridized carbons (Fsp3) is 0.270. The van der Waals surface area contributed by atoms with Crippen molar-refractivity contribution in [2.24, 2.45) is 0 Å². The molecule has 2 aliphatic rings. The van der Waals surface area contributed by atoms with Gasteiger partial charge in [0.2, 0.25) is 35.2 Å². The van der Waals surface area contributed by atoms with Gasteiger partial charge in [0.1, 0.15) is 45.6 Å². The number of likely N-dealkylation sites (tertiary alicyclic amines) is 2. The second-order valence-electron chi connectivity index (χ2n) is 24.2. The van der Waals surface area contributed by atoms with Crippen molar-refractivity contribution in [3.63, 3.8) is 0 Å². The summed E-state index contributed by atoms with van der Waals surface area (Å²) < 4.78 is 155. The molecule has 2 atom stereocenters. The molecule has 2 saturated heterocycles. The second kappa shape index (κ2) is 28.2. The van der Waals surface area contributed by atoms with Gasteiger partial charge in [-0.1, -0.05) is 48.5 Å². The fourth-order valence-electron chi connectivity index (χ4n) is 13.4. The number of aliphatic hydroxyl groups excluding tert-OH is 1. The number of carbonyl (C=O) groups is 2. The van der Waals surface area contributed by atoms with Crippen LogP contribution < -0.4 is 9.47 Å². The Hall–Kier alpha value is -10.2. The molecule has 14 rings (SSSR count). The minimum atomic E-state index is -3.07. The standard InChI is InChI=1S/C37H30ClF4N3O5.C37H31F4N3O6/c1-18-22(23-8-5-10-25(19(23)2)35-44-27-13-20(16-38)31(39)32(40)33(27)50-35)7-4-9-24(18)34-43-26-14-21(29(49-37(41)42)15-30(26)48-34)17-45-12-6-11-28(45)36(46)47-3;1-18-22(23-8-5-10-25(19(23)2)35-43-27-14-21(17-45)31(38)32(39)33(27)50-35)7-4-9-24(18)34-42-26-13-20(29(49-37(40)41)15-30(26)48-34)16-44-12-6-11-28(44)36(46)47-3/h4-5,7-10,13-15,28,37H,6,11-12,16-17H2,1-3H3;4-5,7-10,13-15,28,37,45H,6,11-12,16-17H2,1-3H3/t2*28-/m00/s1. The third-order valence-corrected chi connectivity index (χ3v) is 18.7. The van der Waals surface area contributed by atoms with Gasteiger partial charge in [-0.15, -0.1) is 11.6 Å². The van der Waals surface area contributed by atoms with Crippen molar-refractivity contribution in [3.8, 4) is 79.6 Å². The Bertz CT molecular complexity index is 4850. The summed E-state index contributed by atoms with van der Waals surface area (Å²) >= 11 is 5.79. The average molecular weight is 1400 g/mol. The zero-order valence-corrected chi connectivity index (χ0v) is 55.1. The number of rotatable bonds is 18. The quantitative estimate of drug-likeness (QED) is 0.0482. The lowest BCUT2D eigenvalue weighted by molar-refractivity contribution is -0.146. The van der Waals surface area contributed by atoms with Crippen molar-refractivity contribution in [1.29, 1.82) is 0 Å². The molecular weight excluding hydrogens is 1340 g/mol. The fourth-order valence-corrected chi connectivity index (χ4v) is 13.5. The Morgan fingerprint density at radius 1 is 0.490 bits per heavy atom. The third-order valence-electron chi connectivity index (χ3n) is 18.4. The predicted molar refractivity (Wildman–Crippen MR) is 354 cm³/mol. The molecule has 0 aliphatic carbocycles. The molecule has 26 heteroatoms. The van der Waals surface area contributed by atoms with E-state index < -0.39 is 55.2 Å². The minimum absolute atomic E-state index is 0.0126. The highest BCUT2D eigenvalue weighted by Crippen LogP contribution is 2.43. The van der Waals surface area contributed by atoms with E-state index in [-0.39, 0.29) is 110 Å². The van der Waals surface area contributed by atoms with Gasteiger partial charge in [0.15, 0.2) is 34.0 Å². The number of esters is 2. The number of alkyl halides is 5. The van der Waals surface area contributed by atoms with Crippen molar-refractivity contribution in [2.45, 2.75) is 104 Å². The maximum atomic E-state index is 14.8. The summed E-state index contributed by atoms with van der Waals surface area (Å²) in [7, 11) is 2.64. The average Bonchev–Trinajstić information content (AvgIpc) is 1.61. The number of aliphatic hydroxyl groups is 1. The Balaban J connectivity index is 0.000000179. The van der Waals surface area contributed by atoms with Crippen molar-refractivity contribution in [3.05, 3.63) is 177 Å². The van der Waals surface area contributed by atoms with Gasteiger partial charge in [0.25, 0.3) is 0 Å². The monoisotopic (exact) mass is 1400 g/mol. The number of fused-ring (bicyclic) bond motifs is 4. The highest BCUT2D eigenvalue weighted by molar-refractivity contribution is 6.17. The molecule has 4 aromatic heterocycles. The van der Waals surface area contributed by atoms with Crippen LogP contribution in [-0.4, -0.2) is 99.4 Å². The summed E-state index contributed by atoms with van der Waals surface area (Å²) in [5, 5.41) is 9.42. The molecule has 0 spiro atoms. The summed E-state index contributed by atoms with van der Waals surface area (Å²) in [6.45, 7) is 2.26. The van der Waals surface area contributed by atoms with Gasteiger partial charge in [-0.25, -0.2) is 28.7 Å². The van der Waals surface area contributed by atoms with Gasteiger partial charge in [0, 0.05) is 69.7 Å². The number of aromatic nitrogens is 4. The van der Waals surface area contributed by atoms with E-state index in [1.807, 2.05) is 92.1 Å². The third kappa shape index (κ3) is 13.0. The first-order valence-electron chi connectivity index (χ1n) is 31.7. The van der Waals surface area contributed by atoms with E-state index in [1.165, 1.54) is 38.5 Å². The molecule has 17 nitrogen and oxygen atoms in total. The first kappa shape index (κ1) is 68.3. The normalized spacial score (nSPS) is 15.1. The number of nitrogens with zero attached hydrogens (tertiary/aromatic N) is 6. The summed E-state index contributed by atoms with van der Waals surface area (Å²) in [5.74, 6) is -4.98. The van der Waals surface area contributed by atoms with Crippen molar-refractivity contribution >= 4 is 67.9 Å². The van der Waals surface area contributed by atoms with E-state index in [2.05, 4.69) is 9.97 Å². The molecule has 516 valence electrons. The van der Waals surface area contributed by atoms with Crippen LogP contribution >= 0.6 is 11.6 Å². The van der Waals surface area contributed by atoms with Crippen LogP contribution in [-0.2, 0) is 44.6 Å². The topological polar surface area (TPSA) is 202 Å². The number of oxazole rings is 4. The maximum Gasteiger partial charge on any atom is 0.387 e. The predicted octanol–water partition coefficient (Wildman–Crippen LogP) is 17.4. The lowest BCUT2D eigenvalue weighted by Gasteiger charge is -2.23. The first-order chi connectivity index (χ1) is 48.1. The Morgan fingerprint density at radius 2 is 0.820 bits per heavy atom. The highest BCUT2D eigenvalue weighted by Gasteiger charge is 2.35. The zero-order valence-electron chi connectivity index (χ0n) is 54.4. The Morgan fingerprint density at radius 3 is 1.17 bits per heavy atom. The molecule has 2 aliphatic heterocycles. The van der Waals surface area contributed by atoms with Crippen LogP contribution in [0.3, 0.4) is 0 Å². The molecule has 6 heterocycles. The van der Waals surface area contributed by atoms with E-state index in [0.717, 1.165) is 57.3 Å². The summed E-state index contributed by atoms with van der Waals surface area (Å²) in [6, 6.07) is 29.9. The van der Waals surface area contributed by atoms with Gasteiger partial charge < -0.3 is 41.7 Å². The van der Waals surface area contributed by atoms with E-state index in [0.29, 0.717) is 70.3 Å². The molecule has 1 N–H and O–H groups in total. The molecule has 12 aromatic rings. The van der Waals surface area contributed by atoms with E-state index >= 15 is 0 Å². The van der Waals surface area contributed by atoms with Crippen LogP contribution in [0.4, 0.5) is 35.1 Å². The second-order valence-corrected chi connectivity index (χ2v) is 24.5. The van der Waals surface area contributed by atoms with E-state index in [1.54, 1.807) is 30.3 Å². The smallest absolute Gasteiger partial charge is 0.387 e. The van der Waals surface area contributed by atoms with E-state index in [4.69, 9.17) is 58.2 Å². The number of carbonyl (C=O) groups excluding carboxylic acids is 2. The van der Waals surface area contributed by atoms with Gasteiger partial charge in [-0.2, -0.15) is 26.3 Å². The molecule has 2 fully saturated rings. The molecule has 0 radical (unpaired) electrons. The highest BCUT2D eigenvalue weighted by atomic mass is 35.5. The molecule has 100 heavy (non-hydrogen) atoms. The summed E-state index contributed by atoms with van der Waals surface area (Å²) in [4.78, 5) is 46.7. The first-order valence-corrected chi connectivity index (χ1v) is 32.2. The SMILES string of the molecule is COC(=O)[C@@H]1CCCN1Cc1cc2nc(-c3cccc(-c4cccc(-c5nc6cc(CCl)c(F)c(F)c6o5)c4C)c3C)oc2cc1OC(F)F.COC(=O)[C@@H]1CCCN1Cc1cc2nc(-c3cccc(-c4cccc(-c5nc6cc(CO)c(F)c(F)c6o5)c4C)c3C)oc2cc1OC(F)F. The maximum absolute atomic E-state index is 14.8. The Kier molecular flexibility index (Phi) is 19.3. The number of halogens is 9. The van der Waals surface area contributed by atoms with Gasteiger partial charge >= 0.3 is 25.2 Å². The van der Waals surface area contributed by atoms with Gasteiger partial charge in [-0.05, 0) is 160 Å². The van der Waals surface area contributed by atoms with Crippen LogP contribution in [0.25, 0.3) is 112 Å². The molecule has 0 saturated carbocycles. The van der Waals surface area contributed by atoms with Crippen molar-refractivity contribution in [2.75, 3.05) is 27.3 Å². The van der Waals surface area contributed by atoms with Crippen LogP contribution in [0.1, 0.15) is 70.2 Å². The van der Waals surface area contributed by atoms with Crippen LogP contribution in [0.15, 0.2) is 127 Å². The van der Waals surface area contributed by atoms with Gasteiger partial charge in [-0.3, -0.25) is 19.4 Å². The molecule has 0 amide bonds. The molecule has 0 bridgehead atoms. The molecule has 0 unspecified atom stereocenters. The largest absolute Gasteiger partial charge is 0.468 e. The van der Waals surface area contributed by atoms with Crippen molar-refractivity contribution in [1.82, 2.24) is 29.7 Å². The molecular formula is C74H61ClF8N6O11. The van der Waals surface area contributed by atoms with Crippen molar-refractivity contribution < 1.29 is 86.4 Å². The number of hydrogen-bond acceptors (Lipinski definition) is 17. The lowest BCUT2D eigenvalue weighted by Crippen LogP contribution is -2.36. The Labute approximate surface area is 569 Å². The van der Waals surface area contributed by atoms with Crippen LogP contribution in [0, 0.1) is 51.0 Å². The summed E-state index contributed by atoms with van der Waals surface area (Å²) in [6.07, 6.45) is 2.74. The lowest BCUT2D eigenvalue weighted by atomic mass is 9.91. The number of benzene rings is 8. The zero-order chi connectivity index (χ0) is 70.5. The summed E-state index contributed by atoms with van der Waals surface area (Å²) in [5.41, 5.74) is 10.5. The van der Waals surface area contributed by atoms with Crippen LogP contribution in [0.5, 0.6) is 11.5 Å². The number of ether oxygens (including phenoxy) is 4. The number of hydrogen-bond donors (Lipinski definition) is 1. The van der Waals surface area contributed by atoms with Gasteiger partial charge in [0.05, 0.1) is 26.7 Å².